The van der Waals surface area contributed by atoms with Crippen LogP contribution in [-0.2, 0) is 9.47 Å². The summed E-state index contributed by atoms with van der Waals surface area (Å²) < 4.78 is 10.3. The Morgan fingerprint density at radius 2 is 2.06 bits per heavy atom. The summed E-state index contributed by atoms with van der Waals surface area (Å²) in [5, 5.41) is 3.42. The lowest BCUT2D eigenvalue weighted by molar-refractivity contribution is 0.0718. The van der Waals surface area contributed by atoms with Crippen LogP contribution in [0.2, 0.25) is 0 Å². The van der Waals surface area contributed by atoms with Crippen molar-refractivity contribution >= 4 is 0 Å². The first kappa shape index (κ1) is 15.9. The summed E-state index contributed by atoms with van der Waals surface area (Å²) in [6, 6.07) is 0.788. The smallest absolute Gasteiger partial charge is 0.0700 e. The third-order valence-corrected chi connectivity index (χ3v) is 3.59. The summed E-state index contributed by atoms with van der Waals surface area (Å²) in [5.41, 5.74) is 0. The van der Waals surface area contributed by atoms with E-state index in [4.69, 9.17) is 9.47 Å². The molecule has 0 radical (unpaired) electrons. The highest BCUT2D eigenvalue weighted by Gasteiger charge is 2.16. The Bertz CT molecular complexity index is 191. The minimum atomic E-state index is 0.687. The SMILES string of the molecule is COCCOCCNCCCN1CCCCC1C. The normalized spacial score (nSPS) is 21.3. The van der Waals surface area contributed by atoms with E-state index in [1.165, 1.54) is 38.8 Å². The van der Waals surface area contributed by atoms with Crippen molar-refractivity contribution in [3.05, 3.63) is 0 Å². The van der Waals surface area contributed by atoms with Gasteiger partial charge in [-0.3, -0.25) is 0 Å². The zero-order chi connectivity index (χ0) is 13.1. The molecule has 4 heteroatoms. The highest BCUT2D eigenvalue weighted by atomic mass is 16.5. The van der Waals surface area contributed by atoms with Crippen molar-refractivity contribution < 1.29 is 9.47 Å². The number of hydrogen-bond acceptors (Lipinski definition) is 4. The summed E-state index contributed by atoms with van der Waals surface area (Å²) in [7, 11) is 1.70. The van der Waals surface area contributed by atoms with Crippen molar-refractivity contribution in [3.63, 3.8) is 0 Å². The van der Waals surface area contributed by atoms with Gasteiger partial charge in [-0.05, 0) is 45.8 Å². The van der Waals surface area contributed by atoms with Crippen molar-refractivity contribution in [2.45, 2.75) is 38.6 Å². The van der Waals surface area contributed by atoms with E-state index >= 15 is 0 Å². The molecule has 1 aliphatic heterocycles. The molecule has 0 bridgehead atoms. The Hall–Kier alpha value is -0.160. The number of ether oxygens (including phenoxy) is 2. The van der Waals surface area contributed by atoms with Crippen LogP contribution in [0.25, 0.3) is 0 Å². The topological polar surface area (TPSA) is 33.7 Å². The van der Waals surface area contributed by atoms with Crippen molar-refractivity contribution in [2.75, 3.05) is 53.1 Å². The molecule has 0 aromatic rings. The highest BCUT2D eigenvalue weighted by Crippen LogP contribution is 2.15. The predicted molar refractivity (Wildman–Crippen MR) is 75.1 cm³/mol. The van der Waals surface area contributed by atoms with Crippen LogP contribution in [0.4, 0.5) is 0 Å². The average Bonchev–Trinajstić information content (AvgIpc) is 2.39. The number of hydrogen-bond donors (Lipinski definition) is 1. The summed E-state index contributed by atoms with van der Waals surface area (Å²) in [6.45, 7) is 9.09. The van der Waals surface area contributed by atoms with E-state index in [1.54, 1.807) is 7.11 Å². The van der Waals surface area contributed by atoms with Gasteiger partial charge in [-0.1, -0.05) is 6.42 Å². The molecule has 1 atom stereocenters. The summed E-state index contributed by atoms with van der Waals surface area (Å²) in [6.07, 6.45) is 5.41. The Kier molecular flexibility index (Phi) is 9.48. The van der Waals surface area contributed by atoms with Gasteiger partial charge in [0.1, 0.15) is 0 Å². The first-order chi connectivity index (χ1) is 8.84. The molecule has 1 fully saturated rings. The van der Waals surface area contributed by atoms with Crippen molar-refractivity contribution in [1.82, 2.24) is 10.2 Å². The van der Waals surface area contributed by atoms with Crippen LogP contribution in [-0.4, -0.2) is 64.1 Å². The fraction of sp³-hybridized carbons (Fsp3) is 1.00. The number of nitrogens with one attached hydrogen (secondary N) is 1. The Labute approximate surface area is 112 Å². The second kappa shape index (κ2) is 10.7. The van der Waals surface area contributed by atoms with E-state index < -0.39 is 0 Å². The van der Waals surface area contributed by atoms with Crippen molar-refractivity contribution in [3.8, 4) is 0 Å². The number of likely N-dealkylation sites (tertiary alicyclic amines) is 1. The fourth-order valence-electron chi connectivity index (χ4n) is 2.41. The monoisotopic (exact) mass is 258 g/mol. The molecule has 1 saturated heterocycles. The summed E-state index contributed by atoms with van der Waals surface area (Å²) in [5.74, 6) is 0. The molecule has 1 heterocycles. The zero-order valence-corrected chi connectivity index (χ0v) is 12.1. The van der Waals surface area contributed by atoms with Crippen LogP contribution in [0.15, 0.2) is 0 Å². The van der Waals surface area contributed by atoms with Crippen LogP contribution in [0, 0.1) is 0 Å². The zero-order valence-electron chi connectivity index (χ0n) is 12.1. The van der Waals surface area contributed by atoms with Crippen LogP contribution >= 0.6 is 0 Å². The maximum atomic E-state index is 5.39. The quantitative estimate of drug-likeness (QED) is 0.602. The van der Waals surface area contributed by atoms with E-state index in [0.717, 1.165) is 25.7 Å². The van der Waals surface area contributed by atoms with Crippen molar-refractivity contribution in [2.24, 2.45) is 0 Å². The molecule has 1 N–H and O–H groups in total. The number of methoxy groups -OCH3 is 1. The van der Waals surface area contributed by atoms with Crippen LogP contribution in [0.1, 0.15) is 32.6 Å². The summed E-state index contributed by atoms with van der Waals surface area (Å²) >= 11 is 0. The average molecular weight is 258 g/mol. The molecule has 4 nitrogen and oxygen atoms in total. The van der Waals surface area contributed by atoms with E-state index in [1.807, 2.05) is 0 Å². The predicted octanol–water partition coefficient (Wildman–Crippen LogP) is 1.50. The van der Waals surface area contributed by atoms with E-state index in [2.05, 4.69) is 17.1 Å². The van der Waals surface area contributed by atoms with Gasteiger partial charge in [-0.15, -0.1) is 0 Å². The van der Waals surface area contributed by atoms with Crippen LogP contribution in [0.5, 0.6) is 0 Å². The lowest BCUT2D eigenvalue weighted by atomic mass is 10.0. The molecule has 0 amide bonds. The van der Waals surface area contributed by atoms with E-state index in [-0.39, 0.29) is 0 Å². The van der Waals surface area contributed by atoms with Gasteiger partial charge in [-0.2, -0.15) is 0 Å². The lowest BCUT2D eigenvalue weighted by Gasteiger charge is -2.33. The van der Waals surface area contributed by atoms with Crippen LogP contribution in [0.3, 0.4) is 0 Å². The van der Waals surface area contributed by atoms with Gasteiger partial charge >= 0.3 is 0 Å². The molecular weight excluding hydrogens is 228 g/mol. The fourth-order valence-corrected chi connectivity index (χ4v) is 2.41. The molecule has 18 heavy (non-hydrogen) atoms. The third-order valence-electron chi connectivity index (χ3n) is 3.59. The van der Waals surface area contributed by atoms with Gasteiger partial charge in [0.15, 0.2) is 0 Å². The van der Waals surface area contributed by atoms with E-state index in [0.29, 0.717) is 13.2 Å². The minimum absolute atomic E-state index is 0.687. The van der Waals surface area contributed by atoms with Crippen molar-refractivity contribution in [1.29, 1.82) is 0 Å². The largest absolute Gasteiger partial charge is 0.382 e. The Morgan fingerprint density at radius 3 is 2.83 bits per heavy atom. The van der Waals surface area contributed by atoms with Gasteiger partial charge in [0, 0.05) is 19.7 Å². The first-order valence-corrected chi connectivity index (χ1v) is 7.36. The molecule has 0 saturated carbocycles. The first-order valence-electron chi connectivity index (χ1n) is 7.36. The van der Waals surface area contributed by atoms with E-state index in [9.17, 15) is 0 Å². The van der Waals surface area contributed by atoms with Gasteiger partial charge < -0.3 is 19.7 Å². The molecule has 0 aliphatic carbocycles. The van der Waals surface area contributed by atoms with Gasteiger partial charge in [0.05, 0.1) is 19.8 Å². The second-order valence-corrected chi connectivity index (χ2v) is 5.09. The maximum absolute atomic E-state index is 5.39. The standard InChI is InChI=1S/C14H30N2O2/c1-14-6-3-4-9-16(14)10-5-7-15-8-11-18-13-12-17-2/h14-15H,3-13H2,1-2H3. The molecule has 1 unspecified atom stereocenters. The maximum Gasteiger partial charge on any atom is 0.0700 e. The number of piperidine rings is 1. The highest BCUT2D eigenvalue weighted by molar-refractivity contribution is 4.72. The summed E-state index contributed by atoms with van der Waals surface area (Å²) in [4.78, 5) is 2.63. The third kappa shape index (κ3) is 7.31. The van der Waals surface area contributed by atoms with Gasteiger partial charge in [0.25, 0.3) is 0 Å². The molecular formula is C14H30N2O2. The number of nitrogens with zero attached hydrogens (tertiary/aromatic N) is 1. The Morgan fingerprint density at radius 1 is 1.17 bits per heavy atom. The molecule has 108 valence electrons. The van der Waals surface area contributed by atoms with Crippen LogP contribution < -0.4 is 5.32 Å². The molecule has 0 aromatic carbocycles. The van der Waals surface area contributed by atoms with Gasteiger partial charge in [0.2, 0.25) is 0 Å². The molecule has 0 aromatic heterocycles. The lowest BCUT2D eigenvalue weighted by Crippen LogP contribution is -2.39. The molecule has 1 rings (SSSR count). The minimum Gasteiger partial charge on any atom is -0.382 e. The van der Waals surface area contributed by atoms with Gasteiger partial charge in [-0.25, -0.2) is 0 Å². The number of rotatable bonds is 10. The molecule has 0 spiro atoms. The molecule has 1 aliphatic rings. The second-order valence-electron chi connectivity index (χ2n) is 5.09. The Balaban J connectivity index is 1.83.